The number of hydrogen-bond donors (Lipinski definition) is 1. The molecular weight excluding hydrogens is 376 g/mol. The number of rotatable bonds is 8. The lowest BCUT2D eigenvalue weighted by Gasteiger charge is -2.16. The van der Waals surface area contributed by atoms with Crippen molar-refractivity contribution in [3.63, 3.8) is 0 Å². The Morgan fingerprint density at radius 1 is 1.11 bits per heavy atom. The van der Waals surface area contributed by atoms with Gasteiger partial charge in [-0.1, -0.05) is 30.3 Å². The highest BCUT2D eigenvalue weighted by Gasteiger charge is 2.33. The summed E-state index contributed by atoms with van der Waals surface area (Å²) in [6.07, 6.45) is 0. The molecule has 2 aromatic rings. The van der Waals surface area contributed by atoms with Crippen molar-refractivity contribution in [1.29, 1.82) is 0 Å². The van der Waals surface area contributed by atoms with Crippen LogP contribution in [0.15, 0.2) is 59.5 Å². The van der Waals surface area contributed by atoms with Crippen LogP contribution >= 0.6 is 0 Å². The Morgan fingerprint density at radius 3 is 2.22 bits per heavy atom. The van der Waals surface area contributed by atoms with Gasteiger partial charge in [0.15, 0.2) is 11.8 Å². The molecule has 0 radical (unpaired) electrons. The maximum absolute atomic E-state index is 12.6. The molecule has 1 atom stereocenters. The molecule has 0 aliphatic carbocycles. The second-order valence-corrected chi connectivity index (χ2v) is 7.00. The minimum atomic E-state index is -4.31. The van der Waals surface area contributed by atoms with Gasteiger partial charge in [0.25, 0.3) is 5.69 Å². The fourth-order valence-electron chi connectivity index (χ4n) is 2.17. The Morgan fingerprint density at radius 2 is 1.70 bits per heavy atom. The maximum Gasteiger partial charge on any atom is 0.332 e. The second-order valence-electron chi connectivity index (χ2n) is 5.29. The third kappa shape index (κ3) is 4.96. The van der Waals surface area contributed by atoms with Crippen molar-refractivity contribution in [2.24, 2.45) is 0 Å². The Kier molecular flexibility index (Phi) is 6.37. The van der Waals surface area contributed by atoms with Gasteiger partial charge >= 0.3 is 5.97 Å². The number of nitro benzene ring substituents is 1. The molecule has 142 valence electrons. The van der Waals surface area contributed by atoms with Crippen LogP contribution in [-0.4, -0.2) is 37.7 Å². The minimum absolute atomic E-state index is 0.0450. The molecule has 10 heteroatoms. The summed E-state index contributed by atoms with van der Waals surface area (Å²) < 4.78 is 31.9. The molecule has 1 unspecified atom stereocenters. The highest BCUT2D eigenvalue weighted by atomic mass is 32.2. The predicted molar refractivity (Wildman–Crippen MR) is 94.6 cm³/mol. The first-order valence-corrected chi connectivity index (χ1v) is 9.27. The highest BCUT2D eigenvalue weighted by Crippen LogP contribution is 2.17. The molecule has 0 heterocycles. The number of ketones is 1. The quantitative estimate of drug-likeness (QED) is 0.238. The Balaban J connectivity index is 2.34. The van der Waals surface area contributed by atoms with Crippen molar-refractivity contribution in [3.8, 4) is 0 Å². The van der Waals surface area contributed by atoms with Crippen LogP contribution in [0.5, 0.6) is 0 Å². The zero-order chi connectivity index (χ0) is 20.0. The SMILES string of the molecule is CCOC(=O)C(NS(=O)(=O)c1ccc([N+](=O)[O-])cc1)C(=O)c1ccccc1. The molecule has 0 aromatic heterocycles. The first-order chi connectivity index (χ1) is 12.8. The van der Waals surface area contributed by atoms with Gasteiger partial charge in [-0.25, -0.2) is 13.2 Å². The van der Waals surface area contributed by atoms with Crippen LogP contribution < -0.4 is 4.72 Å². The van der Waals surface area contributed by atoms with E-state index in [4.69, 9.17) is 4.74 Å². The number of carbonyl (C=O) groups is 2. The Hall–Kier alpha value is -3.11. The number of nitrogens with one attached hydrogen (secondary N) is 1. The fourth-order valence-corrected chi connectivity index (χ4v) is 3.32. The summed E-state index contributed by atoms with van der Waals surface area (Å²) in [5.74, 6) is -1.82. The Labute approximate surface area is 155 Å². The molecule has 0 amide bonds. The van der Waals surface area contributed by atoms with E-state index < -0.39 is 32.7 Å². The highest BCUT2D eigenvalue weighted by molar-refractivity contribution is 7.89. The number of hydrogen-bond acceptors (Lipinski definition) is 7. The van der Waals surface area contributed by atoms with Crippen molar-refractivity contribution in [1.82, 2.24) is 4.72 Å². The smallest absolute Gasteiger partial charge is 0.332 e. The van der Waals surface area contributed by atoms with Gasteiger partial charge in [-0.2, -0.15) is 4.72 Å². The lowest BCUT2D eigenvalue weighted by molar-refractivity contribution is -0.384. The summed E-state index contributed by atoms with van der Waals surface area (Å²) in [4.78, 5) is 34.4. The molecule has 0 saturated heterocycles. The van der Waals surface area contributed by atoms with Crippen molar-refractivity contribution in [2.45, 2.75) is 17.9 Å². The molecule has 2 rings (SSSR count). The second kappa shape index (κ2) is 8.52. The van der Waals surface area contributed by atoms with Gasteiger partial charge in [0.1, 0.15) is 0 Å². The van der Waals surface area contributed by atoms with Crippen molar-refractivity contribution in [2.75, 3.05) is 6.61 Å². The number of nitro groups is 1. The van der Waals surface area contributed by atoms with Gasteiger partial charge in [0.2, 0.25) is 10.0 Å². The van der Waals surface area contributed by atoms with Gasteiger partial charge in [0.05, 0.1) is 16.4 Å². The van der Waals surface area contributed by atoms with Crippen LogP contribution in [0.1, 0.15) is 17.3 Å². The normalized spacial score (nSPS) is 12.2. The van der Waals surface area contributed by atoms with E-state index in [0.717, 1.165) is 24.3 Å². The van der Waals surface area contributed by atoms with Gasteiger partial charge < -0.3 is 4.74 Å². The average molecular weight is 392 g/mol. The van der Waals surface area contributed by atoms with Crippen LogP contribution in [-0.2, 0) is 19.6 Å². The lowest BCUT2D eigenvalue weighted by Crippen LogP contribution is -2.47. The van der Waals surface area contributed by atoms with Crippen molar-refractivity contribution >= 4 is 27.5 Å². The van der Waals surface area contributed by atoms with Gasteiger partial charge in [0, 0.05) is 17.7 Å². The maximum atomic E-state index is 12.6. The topological polar surface area (TPSA) is 133 Å². The van der Waals surface area contributed by atoms with Gasteiger partial charge in [-0.05, 0) is 19.1 Å². The summed E-state index contributed by atoms with van der Waals surface area (Å²) in [6, 6.07) is 9.93. The zero-order valence-electron chi connectivity index (χ0n) is 14.2. The van der Waals surface area contributed by atoms with E-state index in [2.05, 4.69) is 0 Å². The molecule has 0 spiro atoms. The molecule has 27 heavy (non-hydrogen) atoms. The van der Waals surface area contributed by atoms with E-state index in [1.807, 2.05) is 4.72 Å². The van der Waals surface area contributed by atoms with Gasteiger partial charge in [-0.15, -0.1) is 0 Å². The molecule has 0 aliphatic rings. The van der Waals surface area contributed by atoms with Crippen LogP contribution in [0.3, 0.4) is 0 Å². The number of Topliss-reactive ketones (excluding diaryl/α,β-unsaturated/α-hetero) is 1. The number of carbonyl (C=O) groups excluding carboxylic acids is 2. The van der Waals surface area contributed by atoms with E-state index in [1.165, 1.54) is 19.1 Å². The number of sulfonamides is 1. The number of esters is 1. The molecule has 0 fully saturated rings. The van der Waals surface area contributed by atoms with E-state index in [-0.39, 0.29) is 22.8 Å². The lowest BCUT2D eigenvalue weighted by atomic mass is 10.1. The molecule has 9 nitrogen and oxygen atoms in total. The molecule has 0 bridgehead atoms. The Bertz CT molecular complexity index is 941. The average Bonchev–Trinajstić information content (AvgIpc) is 2.66. The summed E-state index contributed by atoms with van der Waals surface area (Å²) in [5, 5.41) is 10.7. The first kappa shape index (κ1) is 20.2. The van der Waals surface area contributed by atoms with Crippen LogP contribution in [0.25, 0.3) is 0 Å². The predicted octanol–water partition coefficient (Wildman–Crippen LogP) is 1.69. The van der Waals surface area contributed by atoms with Gasteiger partial charge in [-0.3, -0.25) is 14.9 Å². The fraction of sp³-hybridized carbons (Fsp3) is 0.176. The standard InChI is InChI=1S/C17H16N2O7S/c1-2-26-17(21)15(16(20)12-6-4-3-5-7-12)18-27(24,25)14-10-8-13(9-11-14)19(22)23/h3-11,15,18H,2H2,1H3. The van der Waals surface area contributed by atoms with E-state index in [1.54, 1.807) is 18.2 Å². The first-order valence-electron chi connectivity index (χ1n) is 7.79. The summed E-state index contributed by atoms with van der Waals surface area (Å²) in [6.45, 7) is 1.48. The number of ether oxygens (including phenoxy) is 1. The third-order valence-corrected chi connectivity index (χ3v) is 4.91. The van der Waals surface area contributed by atoms with E-state index in [0.29, 0.717) is 0 Å². The minimum Gasteiger partial charge on any atom is -0.464 e. The van der Waals surface area contributed by atoms with E-state index >= 15 is 0 Å². The zero-order valence-corrected chi connectivity index (χ0v) is 15.0. The molecule has 0 saturated carbocycles. The largest absolute Gasteiger partial charge is 0.464 e. The molecular formula is C17H16N2O7S. The van der Waals surface area contributed by atoms with Crippen molar-refractivity contribution in [3.05, 3.63) is 70.3 Å². The van der Waals surface area contributed by atoms with Crippen LogP contribution in [0.4, 0.5) is 5.69 Å². The van der Waals surface area contributed by atoms with E-state index in [9.17, 15) is 28.1 Å². The molecule has 0 aliphatic heterocycles. The number of benzene rings is 2. The molecule has 2 aromatic carbocycles. The summed E-state index contributed by atoms with van der Waals surface area (Å²) in [5.41, 5.74) is -0.168. The number of non-ortho nitro benzene ring substituents is 1. The van der Waals surface area contributed by atoms with Crippen molar-refractivity contribution < 1.29 is 27.7 Å². The van der Waals surface area contributed by atoms with Crippen LogP contribution in [0.2, 0.25) is 0 Å². The monoisotopic (exact) mass is 392 g/mol. The summed E-state index contributed by atoms with van der Waals surface area (Å²) in [7, 11) is -4.31. The number of nitrogens with zero attached hydrogens (tertiary/aromatic N) is 1. The van der Waals surface area contributed by atoms with Crippen LogP contribution in [0, 0.1) is 10.1 Å². The third-order valence-electron chi connectivity index (χ3n) is 3.47. The summed E-state index contributed by atoms with van der Waals surface area (Å²) >= 11 is 0. The molecule has 1 N–H and O–H groups in total.